The van der Waals surface area contributed by atoms with Gasteiger partial charge >= 0.3 is 7.82 Å². The molecule has 0 radical (unpaired) electrons. The standard InChI is InChI=1S/C20H19O4P/c1-3-22-25(21,23-4-2)24-18-13-11-16-9-8-14-6-5-7-15-10-12-17(18)20(16)19(14)15/h5-13H,3-4H2,1-2H3. The number of phosphoric acid groups is 1. The summed E-state index contributed by atoms with van der Waals surface area (Å²) in [7, 11) is -3.63. The van der Waals surface area contributed by atoms with E-state index in [0.717, 1.165) is 16.2 Å². The van der Waals surface area contributed by atoms with Crippen molar-refractivity contribution in [1.82, 2.24) is 0 Å². The van der Waals surface area contributed by atoms with Crippen molar-refractivity contribution in [2.75, 3.05) is 13.2 Å². The third kappa shape index (κ3) is 2.77. The van der Waals surface area contributed by atoms with E-state index in [-0.39, 0.29) is 13.2 Å². The molecule has 4 nitrogen and oxygen atoms in total. The normalized spacial score (nSPS) is 12.4. The van der Waals surface area contributed by atoms with E-state index in [9.17, 15) is 4.57 Å². The van der Waals surface area contributed by atoms with Crippen molar-refractivity contribution < 1.29 is 18.1 Å². The van der Waals surface area contributed by atoms with Gasteiger partial charge in [-0.2, -0.15) is 0 Å². The van der Waals surface area contributed by atoms with Gasteiger partial charge in [0.2, 0.25) is 0 Å². The van der Waals surface area contributed by atoms with Crippen molar-refractivity contribution in [2.45, 2.75) is 13.8 Å². The summed E-state index contributed by atoms with van der Waals surface area (Å²) >= 11 is 0. The summed E-state index contributed by atoms with van der Waals surface area (Å²) in [4.78, 5) is 0. The van der Waals surface area contributed by atoms with Crippen LogP contribution in [0.25, 0.3) is 32.3 Å². The van der Waals surface area contributed by atoms with Crippen LogP contribution in [0.2, 0.25) is 0 Å². The van der Waals surface area contributed by atoms with Gasteiger partial charge < -0.3 is 4.52 Å². The molecular formula is C20H19O4P. The molecule has 0 saturated heterocycles. The largest absolute Gasteiger partial charge is 0.530 e. The highest BCUT2D eigenvalue weighted by atomic mass is 31.2. The molecule has 0 amide bonds. The summed E-state index contributed by atoms with van der Waals surface area (Å²) in [6, 6.07) is 18.3. The average Bonchev–Trinajstić information content (AvgIpc) is 2.61. The van der Waals surface area contributed by atoms with Crippen LogP contribution in [0.15, 0.2) is 54.6 Å². The first kappa shape index (κ1) is 16.3. The van der Waals surface area contributed by atoms with Gasteiger partial charge in [-0.15, -0.1) is 0 Å². The fourth-order valence-electron chi connectivity index (χ4n) is 3.31. The minimum Gasteiger partial charge on any atom is -0.403 e. The Morgan fingerprint density at radius 2 is 1.32 bits per heavy atom. The fraction of sp³-hybridized carbons (Fsp3) is 0.200. The smallest absolute Gasteiger partial charge is 0.403 e. The monoisotopic (exact) mass is 354 g/mol. The first-order chi connectivity index (χ1) is 12.1. The van der Waals surface area contributed by atoms with E-state index in [2.05, 4.69) is 36.4 Å². The van der Waals surface area contributed by atoms with Gasteiger partial charge in [-0.25, -0.2) is 4.57 Å². The van der Waals surface area contributed by atoms with Crippen LogP contribution in [0.4, 0.5) is 0 Å². The summed E-state index contributed by atoms with van der Waals surface area (Å²) in [6.45, 7) is 4.03. The van der Waals surface area contributed by atoms with Crippen LogP contribution in [0.5, 0.6) is 5.75 Å². The number of rotatable bonds is 6. The first-order valence-electron chi connectivity index (χ1n) is 8.40. The van der Waals surface area contributed by atoms with E-state index < -0.39 is 7.82 Å². The third-order valence-electron chi connectivity index (χ3n) is 4.27. The van der Waals surface area contributed by atoms with E-state index in [4.69, 9.17) is 13.6 Å². The van der Waals surface area contributed by atoms with Crippen LogP contribution in [0.3, 0.4) is 0 Å². The van der Waals surface area contributed by atoms with Crippen molar-refractivity contribution in [3.63, 3.8) is 0 Å². The van der Waals surface area contributed by atoms with E-state index >= 15 is 0 Å². The lowest BCUT2D eigenvalue weighted by Crippen LogP contribution is -2.02. The molecule has 5 heteroatoms. The second kappa shape index (κ2) is 6.30. The van der Waals surface area contributed by atoms with Crippen molar-refractivity contribution in [3.8, 4) is 5.75 Å². The second-order valence-electron chi connectivity index (χ2n) is 5.79. The number of phosphoric ester groups is 1. The molecule has 0 aliphatic rings. The second-order valence-corrected chi connectivity index (χ2v) is 7.39. The molecule has 0 heterocycles. The topological polar surface area (TPSA) is 44.8 Å². The molecule has 4 rings (SSSR count). The highest BCUT2D eigenvalue weighted by Gasteiger charge is 2.28. The predicted octanol–water partition coefficient (Wildman–Crippen LogP) is 6.14. The number of hydrogen-bond acceptors (Lipinski definition) is 4. The van der Waals surface area contributed by atoms with Crippen LogP contribution in [-0.4, -0.2) is 13.2 Å². The van der Waals surface area contributed by atoms with Gasteiger partial charge in [0, 0.05) is 10.8 Å². The Labute approximate surface area is 146 Å². The van der Waals surface area contributed by atoms with E-state index in [0.29, 0.717) is 5.75 Å². The minimum absolute atomic E-state index is 0.253. The molecule has 0 N–H and O–H groups in total. The van der Waals surface area contributed by atoms with Crippen LogP contribution < -0.4 is 4.52 Å². The van der Waals surface area contributed by atoms with Gasteiger partial charge in [0.05, 0.1) is 13.2 Å². The Bertz CT molecular complexity index is 1060. The van der Waals surface area contributed by atoms with Crippen molar-refractivity contribution >= 4 is 40.1 Å². The van der Waals surface area contributed by atoms with Crippen LogP contribution in [-0.2, 0) is 13.6 Å². The van der Waals surface area contributed by atoms with Crippen molar-refractivity contribution in [2.24, 2.45) is 0 Å². The zero-order chi connectivity index (χ0) is 17.4. The van der Waals surface area contributed by atoms with Gasteiger partial charge in [0.25, 0.3) is 0 Å². The Balaban J connectivity index is 1.94. The molecule has 4 aromatic carbocycles. The quantitative estimate of drug-likeness (QED) is 0.308. The van der Waals surface area contributed by atoms with Crippen LogP contribution in [0, 0.1) is 0 Å². The zero-order valence-electron chi connectivity index (χ0n) is 14.2. The maximum absolute atomic E-state index is 12.8. The molecule has 0 unspecified atom stereocenters. The van der Waals surface area contributed by atoms with Gasteiger partial charge in [-0.05, 0) is 47.5 Å². The first-order valence-corrected chi connectivity index (χ1v) is 9.86. The number of benzene rings is 4. The Morgan fingerprint density at radius 3 is 1.96 bits per heavy atom. The van der Waals surface area contributed by atoms with Gasteiger partial charge in [0.1, 0.15) is 5.75 Å². The lowest BCUT2D eigenvalue weighted by Gasteiger charge is -2.19. The molecule has 25 heavy (non-hydrogen) atoms. The molecule has 0 aliphatic heterocycles. The lowest BCUT2D eigenvalue weighted by molar-refractivity contribution is 0.168. The third-order valence-corrected chi connectivity index (χ3v) is 5.84. The molecule has 128 valence electrons. The molecule has 0 aromatic heterocycles. The molecule has 0 atom stereocenters. The summed E-state index contributed by atoms with van der Waals surface area (Å²) in [5, 5.41) is 6.66. The summed E-state index contributed by atoms with van der Waals surface area (Å²) < 4.78 is 29.1. The van der Waals surface area contributed by atoms with Crippen LogP contribution >= 0.6 is 7.82 Å². The maximum Gasteiger partial charge on any atom is 0.530 e. The van der Waals surface area contributed by atoms with E-state index in [1.54, 1.807) is 13.8 Å². The predicted molar refractivity (Wildman–Crippen MR) is 102 cm³/mol. The summed E-state index contributed by atoms with van der Waals surface area (Å²) in [6.07, 6.45) is 0. The highest BCUT2D eigenvalue weighted by Crippen LogP contribution is 2.51. The van der Waals surface area contributed by atoms with Crippen molar-refractivity contribution in [1.29, 1.82) is 0 Å². The molecule has 0 saturated carbocycles. The molecule has 0 bridgehead atoms. The minimum atomic E-state index is -3.63. The Kier molecular flexibility index (Phi) is 4.12. The fourth-order valence-corrected chi connectivity index (χ4v) is 4.53. The average molecular weight is 354 g/mol. The van der Waals surface area contributed by atoms with Crippen LogP contribution in [0.1, 0.15) is 13.8 Å². The van der Waals surface area contributed by atoms with E-state index in [1.165, 1.54) is 16.2 Å². The number of hydrogen-bond donors (Lipinski definition) is 0. The molecular weight excluding hydrogens is 335 g/mol. The molecule has 0 aliphatic carbocycles. The van der Waals surface area contributed by atoms with Gasteiger partial charge in [0.15, 0.2) is 0 Å². The highest BCUT2D eigenvalue weighted by molar-refractivity contribution is 7.48. The molecule has 0 fully saturated rings. The van der Waals surface area contributed by atoms with Crippen molar-refractivity contribution in [3.05, 3.63) is 54.6 Å². The SMILES string of the molecule is CCOP(=O)(OCC)Oc1ccc2ccc3cccc4ccc1c2c34. The summed E-state index contributed by atoms with van der Waals surface area (Å²) in [5.74, 6) is 0.510. The summed E-state index contributed by atoms with van der Waals surface area (Å²) in [5.41, 5.74) is 0. The Hall–Kier alpha value is -2.13. The Morgan fingerprint density at radius 1 is 0.760 bits per heavy atom. The lowest BCUT2D eigenvalue weighted by atomic mass is 9.94. The zero-order valence-corrected chi connectivity index (χ0v) is 15.1. The van der Waals surface area contributed by atoms with Gasteiger partial charge in [-0.1, -0.05) is 42.5 Å². The van der Waals surface area contributed by atoms with Gasteiger partial charge in [-0.3, -0.25) is 9.05 Å². The maximum atomic E-state index is 12.8. The van der Waals surface area contributed by atoms with E-state index in [1.807, 2.05) is 18.2 Å². The molecule has 4 aromatic rings. The molecule has 0 spiro atoms.